The molecule has 4 rings (SSSR count). The SMILES string of the molecule is O=c1n2c(=O)n3c(=O)n1OP(=O)(O2)O3. The van der Waals surface area contributed by atoms with Crippen molar-refractivity contribution in [2.75, 3.05) is 0 Å². The molecule has 0 spiro atoms. The van der Waals surface area contributed by atoms with Crippen molar-refractivity contribution in [3.8, 4) is 0 Å². The molecule has 0 saturated heterocycles. The lowest BCUT2D eigenvalue weighted by atomic mass is 11.0. The molecule has 3 aliphatic rings. The Kier molecular flexibility index (Phi) is 0.944. The molecule has 0 radical (unpaired) electrons. The maximum Gasteiger partial charge on any atom is 0.706 e. The van der Waals surface area contributed by atoms with E-state index in [4.69, 9.17) is 0 Å². The molecule has 0 aliphatic carbocycles. The lowest BCUT2D eigenvalue weighted by Gasteiger charge is -2.27. The van der Waals surface area contributed by atoms with E-state index in [0.29, 0.717) is 0 Å². The van der Waals surface area contributed by atoms with Crippen LogP contribution in [0.15, 0.2) is 14.4 Å². The van der Waals surface area contributed by atoms with Crippen molar-refractivity contribution < 1.29 is 18.4 Å². The number of hydrogen-bond donors (Lipinski definition) is 0. The van der Waals surface area contributed by atoms with Gasteiger partial charge in [-0.15, -0.1) is 0 Å². The maximum atomic E-state index is 11.3. The van der Waals surface area contributed by atoms with E-state index >= 15 is 0 Å². The summed E-state index contributed by atoms with van der Waals surface area (Å²) in [6.45, 7) is 0. The molecule has 74 valence electrons. The van der Waals surface area contributed by atoms with Gasteiger partial charge in [-0.25, -0.2) is 14.4 Å². The molecule has 11 heteroatoms. The van der Waals surface area contributed by atoms with Crippen molar-refractivity contribution in [2.45, 2.75) is 0 Å². The second kappa shape index (κ2) is 1.77. The maximum absolute atomic E-state index is 11.3. The van der Waals surface area contributed by atoms with E-state index in [9.17, 15) is 18.9 Å². The first-order chi connectivity index (χ1) is 6.52. The molecule has 4 heterocycles. The summed E-state index contributed by atoms with van der Waals surface area (Å²) < 4.78 is 24.6. The lowest BCUT2D eigenvalue weighted by Crippen LogP contribution is -2.66. The summed E-state index contributed by atoms with van der Waals surface area (Å²) in [6, 6.07) is 0. The Bertz CT molecular complexity index is 541. The molecule has 1 aromatic rings. The summed E-state index contributed by atoms with van der Waals surface area (Å²) in [7, 11) is -4.07. The Morgan fingerprint density at radius 2 is 1.07 bits per heavy atom. The van der Waals surface area contributed by atoms with E-state index in [1.807, 2.05) is 0 Å². The van der Waals surface area contributed by atoms with Gasteiger partial charge in [-0.05, 0) is 0 Å². The number of rotatable bonds is 0. The Balaban J connectivity index is 2.68. The largest absolute Gasteiger partial charge is 0.706 e. The molecular weight excluding hydrogens is 221 g/mol. The number of hydrogen-bond acceptors (Lipinski definition) is 7. The minimum absolute atomic E-state index is 0.134. The van der Waals surface area contributed by atoms with Gasteiger partial charge in [0.15, 0.2) is 0 Å². The van der Waals surface area contributed by atoms with Crippen molar-refractivity contribution in [1.82, 2.24) is 14.2 Å². The molecule has 0 amide bonds. The zero-order valence-corrected chi connectivity index (χ0v) is 7.04. The first-order valence-electron chi connectivity index (χ1n) is 3.23. The predicted octanol–water partition coefficient (Wildman–Crippen LogP) is -3.41. The fourth-order valence-electron chi connectivity index (χ4n) is 1.05. The summed E-state index contributed by atoms with van der Waals surface area (Å²) >= 11 is 0. The van der Waals surface area contributed by atoms with Crippen LogP contribution >= 0.6 is 7.82 Å². The molecule has 0 atom stereocenters. The van der Waals surface area contributed by atoms with Crippen LogP contribution in [0, 0.1) is 0 Å². The minimum Gasteiger partial charge on any atom is -0.281 e. The predicted molar refractivity (Wildman–Crippen MR) is 36.6 cm³/mol. The highest BCUT2D eigenvalue weighted by molar-refractivity contribution is 7.49. The van der Waals surface area contributed by atoms with Crippen LogP contribution in [0.5, 0.6) is 0 Å². The van der Waals surface area contributed by atoms with Crippen molar-refractivity contribution in [1.29, 1.82) is 0 Å². The van der Waals surface area contributed by atoms with Gasteiger partial charge in [-0.1, -0.05) is 14.2 Å². The van der Waals surface area contributed by atoms with Gasteiger partial charge in [0, 0.05) is 0 Å². The minimum atomic E-state index is -4.07. The Labute approximate surface area is 72.9 Å². The summed E-state index contributed by atoms with van der Waals surface area (Å²) in [6.07, 6.45) is 0. The first kappa shape index (κ1) is 7.44. The zero-order valence-electron chi connectivity index (χ0n) is 6.15. The van der Waals surface area contributed by atoms with Gasteiger partial charge in [-0.3, -0.25) is 13.9 Å². The van der Waals surface area contributed by atoms with Crippen molar-refractivity contribution >= 4 is 7.82 Å². The number of nitrogens with zero attached hydrogens (tertiary/aromatic N) is 3. The van der Waals surface area contributed by atoms with Crippen molar-refractivity contribution in [3.63, 3.8) is 0 Å². The molecular formula is C3N3O7P. The van der Waals surface area contributed by atoms with Crippen LogP contribution in [-0.2, 0) is 4.57 Å². The van der Waals surface area contributed by atoms with E-state index < -0.39 is 24.9 Å². The van der Waals surface area contributed by atoms with E-state index in [-0.39, 0.29) is 14.2 Å². The van der Waals surface area contributed by atoms with Crippen LogP contribution in [0.1, 0.15) is 0 Å². The van der Waals surface area contributed by atoms with Crippen LogP contribution in [0.25, 0.3) is 0 Å². The molecule has 0 saturated carbocycles. The van der Waals surface area contributed by atoms with E-state index in [0.717, 1.165) is 0 Å². The number of phosphoric acid groups is 1. The van der Waals surface area contributed by atoms with Crippen LogP contribution in [0.3, 0.4) is 0 Å². The molecule has 0 unspecified atom stereocenters. The fourth-order valence-corrected chi connectivity index (χ4v) is 2.16. The number of aromatic nitrogens is 3. The second-order valence-corrected chi connectivity index (χ2v) is 3.81. The van der Waals surface area contributed by atoms with Gasteiger partial charge in [0.25, 0.3) is 0 Å². The molecule has 1 aromatic heterocycles. The van der Waals surface area contributed by atoms with Gasteiger partial charge < -0.3 is 0 Å². The second-order valence-electron chi connectivity index (χ2n) is 2.42. The first-order valence-corrected chi connectivity index (χ1v) is 4.69. The third kappa shape index (κ3) is 0.598. The molecule has 0 N–H and O–H groups in total. The van der Waals surface area contributed by atoms with Gasteiger partial charge >= 0.3 is 24.9 Å². The van der Waals surface area contributed by atoms with E-state index in [1.54, 1.807) is 0 Å². The molecule has 4 bridgehead atoms. The third-order valence-electron chi connectivity index (χ3n) is 1.59. The van der Waals surface area contributed by atoms with Gasteiger partial charge in [0.2, 0.25) is 0 Å². The highest BCUT2D eigenvalue weighted by Gasteiger charge is 2.49. The molecule has 3 aliphatic heterocycles. The lowest BCUT2D eigenvalue weighted by molar-refractivity contribution is -0.0344. The smallest absolute Gasteiger partial charge is 0.281 e. The normalized spacial score (nSPS) is 18.6. The standard InChI is InChI=1S/C3N3O7P/c7-1-4-2(8)6-3(9)5(1)12-14(10,11-4)13-6. The van der Waals surface area contributed by atoms with Gasteiger partial charge in [0.05, 0.1) is 0 Å². The van der Waals surface area contributed by atoms with Crippen LogP contribution in [0.2, 0.25) is 0 Å². The Hall–Kier alpha value is -1.96. The quantitative estimate of drug-likeness (QED) is 0.419. The van der Waals surface area contributed by atoms with Crippen molar-refractivity contribution in [2.24, 2.45) is 0 Å². The van der Waals surface area contributed by atoms with Gasteiger partial charge in [-0.2, -0.15) is 4.57 Å². The Morgan fingerprint density at radius 1 is 0.786 bits per heavy atom. The summed E-state index contributed by atoms with van der Waals surface area (Å²) in [5.41, 5.74) is -3.48. The van der Waals surface area contributed by atoms with Crippen LogP contribution in [-0.4, -0.2) is 14.2 Å². The highest BCUT2D eigenvalue weighted by Crippen LogP contribution is 2.39. The monoisotopic (exact) mass is 221 g/mol. The van der Waals surface area contributed by atoms with Crippen LogP contribution in [0.4, 0.5) is 0 Å². The van der Waals surface area contributed by atoms with Gasteiger partial charge in [0.1, 0.15) is 0 Å². The Morgan fingerprint density at radius 3 is 1.36 bits per heavy atom. The van der Waals surface area contributed by atoms with Crippen molar-refractivity contribution in [3.05, 3.63) is 31.5 Å². The fraction of sp³-hybridized carbons (Fsp3) is 0. The molecule has 10 nitrogen and oxygen atoms in total. The molecule has 14 heavy (non-hydrogen) atoms. The molecule has 0 fully saturated rings. The van der Waals surface area contributed by atoms with E-state index in [1.165, 1.54) is 0 Å². The zero-order chi connectivity index (χ0) is 10.1. The third-order valence-corrected chi connectivity index (χ3v) is 2.68. The summed E-state index contributed by atoms with van der Waals surface area (Å²) in [5.74, 6) is 0. The highest BCUT2D eigenvalue weighted by atomic mass is 31.2. The average molecular weight is 221 g/mol. The topological polar surface area (TPSA) is 111 Å². The van der Waals surface area contributed by atoms with E-state index in [2.05, 4.69) is 13.9 Å². The van der Waals surface area contributed by atoms with Crippen LogP contribution < -0.4 is 30.9 Å². The molecule has 0 aromatic carbocycles. The summed E-state index contributed by atoms with van der Waals surface area (Å²) in [4.78, 5) is 33.3. The summed E-state index contributed by atoms with van der Waals surface area (Å²) in [5, 5.41) is 0. The average Bonchev–Trinajstić information content (AvgIpc) is 2.14.